The van der Waals surface area contributed by atoms with Crippen molar-refractivity contribution < 1.29 is 4.79 Å². The minimum Gasteiger partial charge on any atom is -0.344 e. The van der Waals surface area contributed by atoms with E-state index in [4.69, 9.17) is 5.73 Å². The third-order valence-electron chi connectivity index (χ3n) is 4.22. The van der Waals surface area contributed by atoms with E-state index in [1.54, 1.807) is 0 Å². The monoisotopic (exact) mass is 270 g/mol. The van der Waals surface area contributed by atoms with Crippen molar-refractivity contribution in [2.75, 3.05) is 41.3 Å². The van der Waals surface area contributed by atoms with Crippen molar-refractivity contribution in [3.63, 3.8) is 0 Å². The van der Waals surface area contributed by atoms with Gasteiger partial charge in [-0.25, -0.2) is 0 Å². The molecule has 5 nitrogen and oxygen atoms in total. The summed E-state index contributed by atoms with van der Waals surface area (Å²) in [6.45, 7) is 1.82. The zero-order valence-corrected chi connectivity index (χ0v) is 12.9. The fourth-order valence-electron chi connectivity index (χ4n) is 2.79. The number of nitrogens with zero attached hydrogens (tertiary/aromatic N) is 2. The maximum absolute atomic E-state index is 12.6. The topological polar surface area (TPSA) is 61.6 Å². The fourth-order valence-corrected chi connectivity index (χ4v) is 2.79. The first-order valence-corrected chi connectivity index (χ1v) is 7.26. The van der Waals surface area contributed by atoms with Crippen molar-refractivity contribution in [3.05, 3.63) is 0 Å². The van der Waals surface area contributed by atoms with Crippen molar-refractivity contribution in [1.29, 1.82) is 0 Å². The predicted molar refractivity (Wildman–Crippen MR) is 79.0 cm³/mol. The molecule has 112 valence electrons. The van der Waals surface area contributed by atoms with Gasteiger partial charge in [-0.3, -0.25) is 4.79 Å². The maximum atomic E-state index is 12.6. The highest BCUT2D eigenvalue weighted by molar-refractivity contribution is 5.86. The molecule has 0 saturated heterocycles. The Hall–Kier alpha value is -0.650. The van der Waals surface area contributed by atoms with Gasteiger partial charge in [-0.1, -0.05) is 0 Å². The fraction of sp³-hybridized carbons (Fsp3) is 0.929. The highest BCUT2D eigenvalue weighted by Gasteiger charge is 2.41. The van der Waals surface area contributed by atoms with Crippen LogP contribution in [0.1, 0.15) is 32.1 Å². The second-order valence-corrected chi connectivity index (χ2v) is 6.05. The highest BCUT2D eigenvalue weighted by Crippen LogP contribution is 2.29. The summed E-state index contributed by atoms with van der Waals surface area (Å²) in [5.74, 6) is 0.223. The summed E-state index contributed by atoms with van der Waals surface area (Å²) in [6, 6.07) is 0.258. The number of hydrogen-bond acceptors (Lipinski definition) is 4. The normalized spacial score (nSPS) is 27.6. The van der Waals surface area contributed by atoms with Crippen LogP contribution in [0.25, 0.3) is 0 Å². The number of likely N-dealkylation sites (N-methyl/N-ethyl adjacent to an activating group) is 2. The number of hydrogen-bond donors (Lipinski definition) is 2. The van der Waals surface area contributed by atoms with Gasteiger partial charge >= 0.3 is 0 Å². The summed E-state index contributed by atoms with van der Waals surface area (Å²) in [5.41, 5.74) is 5.56. The van der Waals surface area contributed by atoms with E-state index in [1.807, 2.05) is 19.0 Å². The van der Waals surface area contributed by atoms with E-state index in [9.17, 15) is 4.79 Å². The van der Waals surface area contributed by atoms with E-state index in [-0.39, 0.29) is 17.5 Å². The molecule has 0 spiro atoms. The lowest BCUT2D eigenvalue weighted by Gasteiger charge is -2.40. The molecule has 0 radical (unpaired) electrons. The van der Waals surface area contributed by atoms with Gasteiger partial charge in [0.2, 0.25) is 5.91 Å². The Morgan fingerprint density at radius 2 is 1.84 bits per heavy atom. The first-order chi connectivity index (χ1) is 8.91. The van der Waals surface area contributed by atoms with Gasteiger partial charge in [0.05, 0.1) is 5.54 Å². The smallest absolute Gasteiger partial charge is 0.242 e. The number of carbonyl (C=O) groups is 1. The van der Waals surface area contributed by atoms with E-state index >= 15 is 0 Å². The first kappa shape index (κ1) is 16.4. The van der Waals surface area contributed by atoms with Crippen LogP contribution >= 0.6 is 0 Å². The van der Waals surface area contributed by atoms with E-state index in [0.717, 1.165) is 45.2 Å². The number of nitrogens with two attached hydrogens (primary N) is 1. The van der Waals surface area contributed by atoms with Crippen LogP contribution in [0.2, 0.25) is 0 Å². The van der Waals surface area contributed by atoms with Gasteiger partial charge in [-0.15, -0.1) is 0 Å². The Morgan fingerprint density at radius 1 is 1.26 bits per heavy atom. The van der Waals surface area contributed by atoms with Crippen LogP contribution in [0.15, 0.2) is 0 Å². The molecule has 0 bridgehead atoms. The molecule has 0 aromatic carbocycles. The number of nitrogens with one attached hydrogen (secondary N) is 1. The summed E-state index contributed by atoms with van der Waals surface area (Å²) < 4.78 is 0. The van der Waals surface area contributed by atoms with E-state index < -0.39 is 0 Å². The van der Waals surface area contributed by atoms with Crippen LogP contribution in [0.3, 0.4) is 0 Å². The average Bonchev–Trinajstić information content (AvgIpc) is 2.38. The van der Waals surface area contributed by atoms with Gasteiger partial charge in [-0.05, 0) is 59.8 Å². The third kappa shape index (κ3) is 4.44. The lowest BCUT2D eigenvalue weighted by atomic mass is 9.78. The molecule has 19 heavy (non-hydrogen) atoms. The molecule has 1 saturated carbocycles. The van der Waals surface area contributed by atoms with Crippen molar-refractivity contribution in [2.24, 2.45) is 5.73 Å². The molecule has 0 aliphatic heterocycles. The van der Waals surface area contributed by atoms with Crippen LogP contribution in [0.5, 0.6) is 0 Å². The van der Waals surface area contributed by atoms with Gasteiger partial charge in [0, 0.05) is 19.6 Å². The van der Waals surface area contributed by atoms with Crippen LogP contribution in [-0.2, 0) is 4.79 Å². The lowest BCUT2D eigenvalue weighted by molar-refractivity contribution is -0.138. The Labute approximate surface area is 117 Å². The summed E-state index contributed by atoms with van der Waals surface area (Å²) in [6.07, 6.45) is 4.56. The molecule has 5 heteroatoms. The van der Waals surface area contributed by atoms with Crippen LogP contribution in [0, 0.1) is 0 Å². The van der Waals surface area contributed by atoms with Crippen LogP contribution in [0.4, 0.5) is 0 Å². The Bertz CT molecular complexity index is 285. The molecular weight excluding hydrogens is 240 g/mol. The second-order valence-electron chi connectivity index (χ2n) is 6.05. The van der Waals surface area contributed by atoms with Gasteiger partial charge in [0.15, 0.2) is 0 Å². The molecule has 0 aromatic rings. The van der Waals surface area contributed by atoms with Crippen molar-refractivity contribution in [1.82, 2.24) is 15.1 Å². The third-order valence-corrected chi connectivity index (χ3v) is 4.22. The van der Waals surface area contributed by atoms with Crippen molar-refractivity contribution >= 4 is 5.91 Å². The zero-order chi connectivity index (χ0) is 14.5. The summed E-state index contributed by atoms with van der Waals surface area (Å²) in [5, 5.41) is 3.26. The first-order valence-electron chi connectivity index (χ1n) is 7.26. The van der Waals surface area contributed by atoms with E-state index in [1.165, 1.54) is 0 Å². The largest absolute Gasteiger partial charge is 0.344 e. The van der Waals surface area contributed by atoms with Crippen molar-refractivity contribution in [3.8, 4) is 0 Å². The molecule has 0 unspecified atom stereocenters. The minimum atomic E-state index is -0.386. The molecule has 0 atom stereocenters. The minimum absolute atomic E-state index is 0.223. The van der Waals surface area contributed by atoms with Crippen molar-refractivity contribution in [2.45, 2.75) is 43.7 Å². The number of carbonyl (C=O) groups excluding carboxylic acids is 1. The van der Waals surface area contributed by atoms with E-state index in [0.29, 0.717) is 0 Å². The highest BCUT2D eigenvalue weighted by atomic mass is 16.2. The van der Waals surface area contributed by atoms with Gasteiger partial charge < -0.3 is 20.9 Å². The quantitative estimate of drug-likeness (QED) is 0.726. The molecular formula is C14H30N4O. The van der Waals surface area contributed by atoms with E-state index in [2.05, 4.69) is 24.3 Å². The standard InChI is InChI=1S/C14H30N4O/c1-16-14(8-6-12(15)7-9-14)13(19)18(4)11-5-10-17(2)3/h12,16H,5-11,15H2,1-4H3. The van der Waals surface area contributed by atoms with Gasteiger partial charge in [-0.2, -0.15) is 0 Å². The number of rotatable bonds is 6. The Morgan fingerprint density at radius 3 is 2.32 bits per heavy atom. The second kappa shape index (κ2) is 7.22. The zero-order valence-electron chi connectivity index (χ0n) is 12.9. The van der Waals surface area contributed by atoms with Gasteiger partial charge in [0.1, 0.15) is 0 Å². The molecule has 1 rings (SSSR count). The summed E-state index contributed by atoms with van der Waals surface area (Å²) in [4.78, 5) is 16.7. The van der Waals surface area contributed by atoms with Crippen LogP contribution in [-0.4, -0.2) is 68.6 Å². The Kier molecular flexibility index (Phi) is 6.23. The Balaban J connectivity index is 2.53. The predicted octanol–water partition coefficient (Wildman–Crippen LogP) is 0.256. The summed E-state index contributed by atoms with van der Waals surface area (Å²) in [7, 11) is 7.91. The number of amides is 1. The molecule has 0 aromatic heterocycles. The molecule has 1 aliphatic rings. The summed E-state index contributed by atoms with van der Waals surface area (Å²) >= 11 is 0. The molecule has 1 fully saturated rings. The SMILES string of the molecule is CNC1(C(=O)N(C)CCCN(C)C)CCC(N)CC1. The molecule has 1 amide bonds. The molecule has 1 aliphatic carbocycles. The molecule has 3 N–H and O–H groups in total. The van der Waals surface area contributed by atoms with Crippen LogP contribution < -0.4 is 11.1 Å². The van der Waals surface area contributed by atoms with Gasteiger partial charge in [0.25, 0.3) is 0 Å². The average molecular weight is 270 g/mol. The lowest BCUT2D eigenvalue weighted by Crippen LogP contribution is -2.58. The maximum Gasteiger partial charge on any atom is 0.242 e. The molecule has 0 heterocycles.